The lowest BCUT2D eigenvalue weighted by molar-refractivity contribution is 0.226. The molecule has 0 spiro atoms. The van der Waals surface area contributed by atoms with Crippen LogP contribution < -0.4 is 5.32 Å². The van der Waals surface area contributed by atoms with Crippen LogP contribution in [0, 0.1) is 6.92 Å². The second kappa shape index (κ2) is 6.04. The van der Waals surface area contributed by atoms with Crippen molar-refractivity contribution in [2.75, 3.05) is 26.2 Å². The molecule has 5 heteroatoms. The SMILES string of the molecule is Cc1nc2n(c1CN1CCNCC1)CCCC2.Cl. The van der Waals surface area contributed by atoms with Gasteiger partial charge < -0.3 is 9.88 Å². The minimum atomic E-state index is 0. The number of fused-ring (bicyclic) bond motifs is 1. The fraction of sp³-hybridized carbons (Fsp3) is 0.769. The summed E-state index contributed by atoms with van der Waals surface area (Å²) in [4.78, 5) is 7.28. The van der Waals surface area contributed by atoms with Crippen LogP contribution in [0.5, 0.6) is 0 Å². The smallest absolute Gasteiger partial charge is 0.109 e. The fourth-order valence-electron chi connectivity index (χ4n) is 2.96. The largest absolute Gasteiger partial charge is 0.331 e. The average molecular weight is 271 g/mol. The van der Waals surface area contributed by atoms with Crippen LogP contribution in [0.25, 0.3) is 0 Å². The predicted octanol–water partition coefficient (Wildman–Crippen LogP) is 1.35. The van der Waals surface area contributed by atoms with Gasteiger partial charge in [0.25, 0.3) is 0 Å². The summed E-state index contributed by atoms with van der Waals surface area (Å²) in [6, 6.07) is 0. The van der Waals surface area contributed by atoms with Crippen molar-refractivity contribution in [3.63, 3.8) is 0 Å². The molecule has 0 bridgehead atoms. The Morgan fingerprint density at radius 3 is 2.72 bits per heavy atom. The lowest BCUT2D eigenvalue weighted by Gasteiger charge is -2.28. The summed E-state index contributed by atoms with van der Waals surface area (Å²) < 4.78 is 2.47. The summed E-state index contributed by atoms with van der Waals surface area (Å²) in [7, 11) is 0. The quantitative estimate of drug-likeness (QED) is 0.881. The number of hydrogen-bond donors (Lipinski definition) is 1. The van der Waals surface area contributed by atoms with E-state index in [2.05, 4.69) is 21.7 Å². The highest BCUT2D eigenvalue weighted by atomic mass is 35.5. The molecule has 0 atom stereocenters. The Kier molecular flexibility index (Phi) is 4.65. The summed E-state index contributed by atoms with van der Waals surface area (Å²) in [6.45, 7) is 9.01. The Morgan fingerprint density at radius 1 is 1.17 bits per heavy atom. The molecule has 1 N–H and O–H groups in total. The molecule has 0 radical (unpaired) electrons. The lowest BCUT2D eigenvalue weighted by Crippen LogP contribution is -2.43. The van der Waals surface area contributed by atoms with E-state index in [1.54, 1.807) is 0 Å². The van der Waals surface area contributed by atoms with Crippen LogP contribution >= 0.6 is 12.4 Å². The Hall–Kier alpha value is -0.580. The van der Waals surface area contributed by atoms with Crippen molar-refractivity contribution in [3.05, 3.63) is 17.2 Å². The molecule has 1 aromatic heterocycles. The molecule has 0 amide bonds. The summed E-state index contributed by atoms with van der Waals surface area (Å²) in [6.07, 6.45) is 3.79. The van der Waals surface area contributed by atoms with E-state index in [1.165, 1.54) is 56.1 Å². The first-order valence-electron chi connectivity index (χ1n) is 6.82. The molecule has 18 heavy (non-hydrogen) atoms. The van der Waals surface area contributed by atoms with Crippen molar-refractivity contribution in [2.45, 2.75) is 39.3 Å². The Labute approximate surface area is 115 Å². The molecule has 2 aliphatic heterocycles. The highest BCUT2D eigenvalue weighted by Gasteiger charge is 2.20. The maximum atomic E-state index is 4.74. The monoisotopic (exact) mass is 270 g/mol. The van der Waals surface area contributed by atoms with Gasteiger partial charge in [0.05, 0.1) is 11.4 Å². The van der Waals surface area contributed by atoms with E-state index in [1.807, 2.05) is 0 Å². The maximum Gasteiger partial charge on any atom is 0.109 e. The number of aryl methyl sites for hydroxylation is 2. The first-order valence-corrected chi connectivity index (χ1v) is 6.82. The molecule has 1 aromatic rings. The van der Waals surface area contributed by atoms with Gasteiger partial charge in [0.1, 0.15) is 5.82 Å². The van der Waals surface area contributed by atoms with E-state index in [0.29, 0.717) is 0 Å². The van der Waals surface area contributed by atoms with Crippen LogP contribution in [0.1, 0.15) is 30.1 Å². The minimum absolute atomic E-state index is 0. The van der Waals surface area contributed by atoms with Gasteiger partial charge in [-0.25, -0.2) is 4.98 Å². The first kappa shape index (κ1) is 13.8. The van der Waals surface area contributed by atoms with Gasteiger partial charge in [0, 0.05) is 45.7 Å². The van der Waals surface area contributed by atoms with Crippen molar-refractivity contribution in [2.24, 2.45) is 0 Å². The molecule has 3 rings (SSSR count). The second-order valence-electron chi connectivity index (χ2n) is 5.20. The van der Waals surface area contributed by atoms with Crippen molar-refractivity contribution in [3.8, 4) is 0 Å². The molecule has 2 aliphatic rings. The third-order valence-electron chi connectivity index (χ3n) is 3.97. The van der Waals surface area contributed by atoms with Gasteiger partial charge in [-0.1, -0.05) is 0 Å². The molecule has 1 fully saturated rings. The zero-order valence-electron chi connectivity index (χ0n) is 11.1. The van der Waals surface area contributed by atoms with Gasteiger partial charge in [-0.15, -0.1) is 12.4 Å². The van der Waals surface area contributed by atoms with E-state index in [4.69, 9.17) is 4.98 Å². The summed E-state index contributed by atoms with van der Waals surface area (Å²) in [5.41, 5.74) is 2.71. The van der Waals surface area contributed by atoms with Crippen LogP contribution in [0.2, 0.25) is 0 Å². The zero-order chi connectivity index (χ0) is 11.7. The predicted molar refractivity (Wildman–Crippen MR) is 75.3 cm³/mol. The molecule has 1 saturated heterocycles. The summed E-state index contributed by atoms with van der Waals surface area (Å²) in [5, 5.41) is 3.41. The van der Waals surface area contributed by atoms with Gasteiger partial charge in [-0.3, -0.25) is 4.90 Å². The number of nitrogens with zero attached hydrogens (tertiary/aromatic N) is 3. The number of rotatable bonds is 2. The minimum Gasteiger partial charge on any atom is -0.331 e. The molecular formula is C13H23ClN4. The normalized spacial score (nSPS) is 20.3. The van der Waals surface area contributed by atoms with Crippen molar-refractivity contribution in [1.82, 2.24) is 19.8 Å². The summed E-state index contributed by atoms with van der Waals surface area (Å²) >= 11 is 0. The van der Waals surface area contributed by atoms with Crippen LogP contribution in [0.3, 0.4) is 0 Å². The van der Waals surface area contributed by atoms with E-state index in [0.717, 1.165) is 19.6 Å². The van der Waals surface area contributed by atoms with Crippen LogP contribution in [0.15, 0.2) is 0 Å². The number of aromatic nitrogens is 2. The molecule has 0 aromatic carbocycles. The number of imidazole rings is 1. The van der Waals surface area contributed by atoms with E-state index in [9.17, 15) is 0 Å². The number of hydrogen-bond acceptors (Lipinski definition) is 3. The molecule has 102 valence electrons. The molecule has 3 heterocycles. The molecule has 0 unspecified atom stereocenters. The Bertz CT molecular complexity index is 396. The third kappa shape index (κ3) is 2.71. The van der Waals surface area contributed by atoms with Crippen molar-refractivity contribution in [1.29, 1.82) is 0 Å². The van der Waals surface area contributed by atoms with Crippen LogP contribution in [-0.4, -0.2) is 40.6 Å². The highest BCUT2D eigenvalue weighted by molar-refractivity contribution is 5.85. The maximum absolute atomic E-state index is 4.74. The Morgan fingerprint density at radius 2 is 1.94 bits per heavy atom. The van der Waals surface area contributed by atoms with Gasteiger partial charge in [-0.05, 0) is 19.8 Å². The van der Waals surface area contributed by atoms with Crippen LogP contribution in [0.4, 0.5) is 0 Å². The summed E-state index contributed by atoms with van der Waals surface area (Å²) in [5.74, 6) is 1.32. The zero-order valence-corrected chi connectivity index (χ0v) is 11.9. The number of piperazine rings is 1. The van der Waals surface area contributed by atoms with Crippen molar-refractivity contribution < 1.29 is 0 Å². The Balaban J connectivity index is 0.00000120. The third-order valence-corrected chi connectivity index (χ3v) is 3.97. The highest BCUT2D eigenvalue weighted by Crippen LogP contribution is 2.20. The molecule has 4 nitrogen and oxygen atoms in total. The topological polar surface area (TPSA) is 33.1 Å². The standard InChI is InChI=1S/C13H22N4.ClH/c1-11-12(10-16-8-5-14-6-9-16)17-7-3-2-4-13(17)15-11;/h14H,2-10H2,1H3;1H. The number of halogens is 1. The van der Waals surface area contributed by atoms with E-state index in [-0.39, 0.29) is 12.4 Å². The van der Waals surface area contributed by atoms with Gasteiger partial charge in [0.2, 0.25) is 0 Å². The fourth-order valence-corrected chi connectivity index (χ4v) is 2.96. The van der Waals surface area contributed by atoms with Gasteiger partial charge in [-0.2, -0.15) is 0 Å². The molecular weight excluding hydrogens is 248 g/mol. The van der Waals surface area contributed by atoms with Crippen molar-refractivity contribution >= 4 is 12.4 Å². The average Bonchev–Trinajstić information content (AvgIpc) is 2.68. The molecule has 0 saturated carbocycles. The first-order chi connectivity index (χ1) is 8.34. The second-order valence-corrected chi connectivity index (χ2v) is 5.20. The lowest BCUT2D eigenvalue weighted by atomic mass is 10.1. The molecule has 0 aliphatic carbocycles. The van der Waals surface area contributed by atoms with Crippen LogP contribution in [-0.2, 0) is 19.5 Å². The van der Waals surface area contributed by atoms with E-state index >= 15 is 0 Å². The van der Waals surface area contributed by atoms with Gasteiger partial charge in [0.15, 0.2) is 0 Å². The van der Waals surface area contributed by atoms with Gasteiger partial charge >= 0.3 is 0 Å². The van der Waals surface area contributed by atoms with E-state index < -0.39 is 0 Å². The number of nitrogens with one attached hydrogen (secondary N) is 1.